The van der Waals surface area contributed by atoms with Gasteiger partial charge in [-0.3, -0.25) is 4.79 Å². The summed E-state index contributed by atoms with van der Waals surface area (Å²) >= 11 is 1.54. The maximum atomic E-state index is 12.9. The van der Waals surface area contributed by atoms with Gasteiger partial charge >= 0.3 is 0 Å². The minimum Gasteiger partial charge on any atom is -0.352 e. The normalized spacial score (nSPS) is 16.1. The molecule has 0 bridgehead atoms. The summed E-state index contributed by atoms with van der Waals surface area (Å²) in [5.41, 5.74) is 1.81. The highest BCUT2D eigenvalue weighted by atomic mass is 35.5. The molecule has 1 saturated heterocycles. The van der Waals surface area contributed by atoms with Gasteiger partial charge in [-0.1, -0.05) is 12.1 Å². The number of hydrogen-bond donors (Lipinski definition) is 2. The molecule has 8 heteroatoms. The predicted molar refractivity (Wildman–Crippen MR) is 98.9 cm³/mol. The van der Waals surface area contributed by atoms with Crippen LogP contribution >= 0.6 is 36.2 Å². The van der Waals surface area contributed by atoms with Crippen LogP contribution in [0.5, 0.6) is 0 Å². The van der Waals surface area contributed by atoms with Gasteiger partial charge in [-0.25, -0.2) is 9.37 Å². The first-order valence-corrected chi connectivity index (χ1v) is 8.25. The van der Waals surface area contributed by atoms with Crippen LogP contribution in [0, 0.1) is 5.82 Å². The zero-order valence-corrected chi connectivity index (χ0v) is 15.4. The van der Waals surface area contributed by atoms with Crippen molar-refractivity contribution in [3.63, 3.8) is 0 Å². The van der Waals surface area contributed by atoms with E-state index in [0.29, 0.717) is 12.8 Å². The number of carbonyl (C=O) groups excluding carboxylic acids is 1. The quantitative estimate of drug-likeness (QED) is 0.823. The minimum atomic E-state index is -0.235. The smallest absolute Gasteiger partial charge is 0.226 e. The average molecular weight is 392 g/mol. The van der Waals surface area contributed by atoms with E-state index in [0.717, 1.165) is 35.8 Å². The highest BCUT2D eigenvalue weighted by Crippen LogP contribution is 2.15. The van der Waals surface area contributed by atoms with Crippen LogP contribution in [0.3, 0.4) is 0 Å². The third-order valence-electron chi connectivity index (χ3n) is 3.64. The number of hydrogen-bond acceptors (Lipinski definition) is 4. The molecule has 1 aromatic carbocycles. The first-order chi connectivity index (χ1) is 10.7. The van der Waals surface area contributed by atoms with E-state index < -0.39 is 0 Å². The number of nitrogens with zero attached hydrogens (tertiary/aromatic N) is 1. The lowest BCUT2D eigenvalue weighted by Crippen LogP contribution is -2.37. The fourth-order valence-corrected chi connectivity index (χ4v) is 3.34. The molecule has 0 saturated carbocycles. The molecule has 1 unspecified atom stereocenters. The molecular formula is C16H20Cl2FN3OS. The second kappa shape index (κ2) is 9.93. The van der Waals surface area contributed by atoms with Gasteiger partial charge in [0.1, 0.15) is 5.82 Å². The first kappa shape index (κ1) is 20.8. The van der Waals surface area contributed by atoms with Crippen molar-refractivity contribution in [2.45, 2.75) is 25.3 Å². The van der Waals surface area contributed by atoms with Crippen LogP contribution in [0.15, 0.2) is 29.6 Å². The van der Waals surface area contributed by atoms with E-state index in [-0.39, 0.29) is 42.6 Å². The van der Waals surface area contributed by atoms with E-state index in [1.807, 2.05) is 5.38 Å². The Morgan fingerprint density at radius 1 is 1.33 bits per heavy atom. The van der Waals surface area contributed by atoms with Crippen molar-refractivity contribution in [2.24, 2.45) is 0 Å². The monoisotopic (exact) mass is 391 g/mol. The Hall–Kier alpha value is -1.21. The topological polar surface area (TPSA) is 54.0 Å². The Bertz CT molecular complexity index is 645. The highest BCUT2D eigenvalue weighted by Gasteiger charge is 2.17. The Kier molecular flexibility index (Phi) is 8.62. The Morgan fingerprint density at radius 3 is 2.75 bits per heavy atom. The molecule has 2 aromatic rings. The second-order valence-corrected chi connectivity index (χ2v) is 6.41. The van der Waals surface area contributed by atoms with Gasteiger partial charge in [0.05, 0.1) is 17.1 Å². The van der Waals surface area contributed by atoms with Gasteiger partial charge < -0.3 is 10.6 Å². The number of halogens is 3. The van der Waals surface area contributed by atoms with Crippen molar-refractivity contribution in [1.82, 2.24) is 15.6 Å². The minimum absolute atomic E-state index is 0. The van der Waals surface area contributed by atoms with Crippen molar-refractivity contribution < 1.29 is 9.18 Å². The third-order valence-corrected chi connectivity index (χ3v) is 4.53. The average Bonchev–Trinajstić information content (AvgIpc) is 3.14. The fraction of sp³-hybridized carbons (Fsp3) is 0.375. The molecule has 0 aliphatic carbocycles. The van der Waals surface area contributed by atoms with E-state index in [1.54, 1.807) is 12.1 Å². The van der Waals surface area contributed by atoms with Gasteiger partial charge in [0.25, 0.3) is 0 Å². The van der Waals surface area contributed by atoms with Crippen LogP contribution < -0.4 is 10.6 Å². The molecule has 2 heterocycles. The standard InChI is InChI=1S/C16H18FN3OS.2ClH/c17-12-3-1-11(2-4-12)7-16-20-14(10-22-16)8-15(21)19-13-5-6-18-9-13;;/h1-4,10,13,18H,5-9H2,(H,19,21);2*1H. The van der Waals surface area contributed by atoms with Crippen molar-refractivity contribution in [3.8, 4) is 0 Å². The molecule has 0 spiro atoms. The molecule has 0 radical (unpaired) electrons. The van der Waals surface area contributed by atoms with Gasteiger partial charge in [0.15, 0.2) is 0 Å². The largest absolute Gasteiger partial charge is 0.352 e. The number of aromatic nitrogens is 1. The van der Waals surface area contributed by atoms with E-state index in [1.165, 1.54) is 23.5 Å². The lowest BCUT2D eigenvalue weighted by molar-refractivity contribution is -0.121. The molecule has 1 aliphatic rings. The van der Waals surface area contributed by atoms with E-state index >= 15 is 0 Å². The molecule has 1 aliphatic heterocycles. The zero-order chi connectivity index (χ0) is 15.4. The Balaban J connectivity index is 0.00000144. The van der Waals surface area contributed by atoms with Crippen LogP contribution in [0.4, 0.5) is 4.39 Å². The van der Waals surface area contributed by atoms with Crippen molar-refractivity contribution in [3.05, 3.63) is 51.7 Å². The summed E-state index contributed by atoms with van der Waals surface area (Å²) in [6.07, 6.45) is 1.97. The van der Waals surface area contributed by atoms with Crippen molar-refractivity contribution in [2.75, 3.05) is 13.1 Å². The molecule has 1 amide bonds. The summed E-state index contributed by atoms with van der Waals surface area (Å²) in [6.45, 7) is 1.81. The zero-order valence-electron chi connectivity index (χ0n) is 13.0. The number of thiazole rings is 1. The molecule has 1 aromatic heterocycles. The van der Waals surface area contributed by atoms with E-state index in [4.69, 9.17) is 0 Å². The third kappa shape index (κ3) is 6.02. The van der Waals surface area contributed by atoms with Crippen molar-refractivity contribution >= 4 is 42.1 Å². The van der Waals surface area contributed by atoms with E-state index in [2.05, 4.69) is 15.6 Å². The maximum absolute atomic E-state index is 12.9. The lowest BCUT2D eigenvalue weighted by Gasteiger charge is -2.10. The number of rotatable bonds is 5. The van der Waals surface area contributed by atoms with Gasteiger partial charge in [-0.2, -0.15) is 0 Å². The molecule has 1 fully saturated rings. The summed E-state index contributed by atoms with van der Waals surface area (Å²) in [7, 11) is 0. The van der Waals surface area contributed by atoms with Crippen molar-refractivity contribution in [1.29, 1.82) is 0 Å². The Labute approximate surface area is 157 Å². The molecule has 132 valence electrons. The molecule has 4 nitrogen and oxygen atoms in total. The second-order valence-electron chi connectivity index (χ2n) is 5.47. The lowest BCUT2D eigenvalue weighted by atomic mass is 10.1. The molecule has 1 atom stereocenters. The van der Waals surface area contributed by atoms with Crippen LogP contribution in [0.2, 0.25) is 0 Å². The number of benzene rings is 1. The number of nitrogens with one attached hydrogen (secondary N) is 2. The number of amides is 1. The summed E-state index contributed by atoms with van der Waals surface area (Å²) in [6, 6.07) is 6.66. The molecule has 24 heavy (non-hydrogen) atoms. The summed E-state index contributed by atoms with van der Waals surface area (Å²) in [5.74, 6) is -0.214. The van der Waals surface area contributed by atoms with Crippen LogP contribution in [0.25, 0.3) is 0 Å². The summed E-state index contributed by atoms with van der Waals surface area (Å²) in [4.78, 5) is 16.4. The predicted octanol–water partition coefficient (Wildman–Crippen LogP) is 2.74. The maximum Gasteiger partial charge on any atom is 0.226 e. The highest BCUT2D eigenvalue weighted by molar-refractivity contribution is 7.09. The molecular weight excluding hydrogens is 372 g/mol. The summed E-state index contributed by atoms with van der Waals surface area (Å²) in [5, 5.41) is 9.10. The first-order valence-electron chi connectivity index (χ1n) is 7.37. The van der Waals surface area contributed by atoms with E-state index in [9.17, 15) is 9.18 Å². The van der Waals surface area contributed by atoms with Gasteiger partial charge in [0, 0.05) is 24.4 Å². The Morgan fingerprint density at radius 2 is 2.08 bits per heavy atom. The number of carbonyl (C=O) groups is 1. The van der Waals surface area contributed by atoms with Gasteiger partial charge in [-0.05, 0) is 30.7 Å². The van der Waals surface area contributed by atoms with Crippen LogP contribution in [-0.2, 0) is 17.6 Å². The SMILES string of the molecule is Cl.Cl.O=C(Cc1csc(Cc2ccc(F)cc2)n1)NC1CCNC1. The molecule has 3 rings (SSSR count). The van der Waals surface area contributed by atoms with Gasteiger partial charge in [-0.15, -0.1) is 36.2 Å². The van der Waals surface area contributed by atoms with Gasteiger partial charge in [0.2, 0.25) is 5.91 Å². The summed E-state index contributed by atoms with van der Waals surface area (Å²) < 4.78 is 12.9. The van der Waals surface area contributed by atoms with Crippen LogP contribution in [0.1, 0.15) is 22.7 Å². The molecule has 2 N–H and O–H groups in total. The van der Waals surface area contributed by atoms with Crippen LogP contribution in [-0.4, -0.2) is 30.0 Å². The fourth-order valence-electron chi connectivity index (χ4n) is 2.51.